The molecule has 0 saturated carbocycles. The molecule has 1 aliphatic heterocycles. The van der Waals surface area contributed by atoms with E-state index in [0.29, 0.717) is 16.5 Å². The van der Waals surface area contributed by atoms with Crippen LogP contribution >= 0.6 is 12.2 Å². The van der Waals surface area contributed by atoms with E-state index in [2.05, 4.69) is 10.3 Å². The Morgan fingerprint density at radius 3 is 2.67 bits per heavy atom. The van der Waals surface area contributed by atoms with Crippen LogP contribution < -0.4 is 10.1 Å². The highest BCUT2D eigenvalue weighted by Crippen LogP contribution is 2.42. The molecule has 1 fully saturated rings. The van der Waals surface area contributed by atoms with Gasteiger partial charge >= 0.3 is 5.97 Å². The Kier molecular flexibility index (Phi) is 7.20. The van der Waals surface area contributed by atoms with Gasteiger partial charge in [0.1, 0.15) is 12.3 Å². The smallest absolute Gasteiger partial charge is 0.325 e. The van der Waals surface area contributed by atoms with E-state index < -0.39 is 4.92 Å². The highest BCUT2D eigenvalue weighted by Gasteiger charge is 2.42. The third-order valence-corrected chi connectivity index (χ3v) is 6.56. The van der Waals surface area contributed by atoms with Crippen LogP contribution in [0.15, 0.2) is 48.7 Å². The Labute approximate surface area is 214 Å². The molecule has 3 aromatic rings. The number of nitro benzene ring substituents is 1. The van der Waals surface area contributed by atoms with Crippen molar-refractivity contribution in [1.29, 1.82) is 0 Å². The number of ether oxygens (including phenoxy) is 2. The summed E-state index contributed by atoms with van der Waals surface area (Å²) in [5, 5.41) is 15.2. The van der Waals surface area contributed by atoms with Gasteiger partial charge in [0.25, 0.3) is 5.69 Å². The van der Waals surface area contributed by atoms with E-state index >= 15 is 0 Å². The third-order valence-electron chi connectivity index (χ3n) is 6.21. The minimum absolute atomic E-state index is 0.0303. The van der Waals surface area contributed by atoms with Gasteiger partial charge in [-0.3, -0.25) is 19.9 Å². The number of carbonyl (C=O) groups is 1. The summed E-state index contributed by atoms with van der Waals surface area (Å²) in [6.07, 6.45) is 1.71. The molecule has 11 heteroatoms. The van der Waals surface area contributed by atoms with Crippen LogP contribution in [0.4, 0.5) is 5.69 Å². The molecule has 0 spiro atoms. The van der Waals surface area contributed by atoms with Crippen molar-refractivity contribution in [1.82, 2.24) is 19.8 Å². The van der Waals surface area contributed by atoms with E-state index in [4.69, 9.17) is 21.7 Å². The number of nitrogens with zero attached hydrogens (tertiary/aromatic N) is 4. The standard InChI is InChI=1S/C25H27N5O5S/c1-5-35-22(31)14-28-24(23(27-25(28)36)19-8-6-7-11-26-19)18-12-15(2)29(16(18)3)20-13-17(30(32)33)9-10-21(20)34-4/h6-13,23-24H,5,14H2,1-4H3,(H,27,36). The second-order valence-corrected chi connectivity index (χ2v) is 8.72. The zero-order valence-electron chi connectivity index (χ0n) is 20.4. The molecule has 1 N–H and O–H groups in total. The minimum Gasteiger partial charge on any atom is -0.495 e. The lowest BCUT2D eigenvalue weighted by molar-refractivity contribution is -0.384. The molecule has 1 saturated heterocycles. The van der Waals surface area contributed by atoms with Crippen molar-refractivity contribution >= 4 is 29.0 Å². The first-order chi connectivity index (χ1) is 17.3. The molecule has 0 amide bonds. The minimum atomic E-state index is -0.435. The van der Waals surface area contributed by atoms with Crippen LogP contribution in [0.1, 0.15) is 41.7 Å². The topological polar surface area (TPSA) is 112 Å². The molecule has 36 heavy (non-hydrogen) atoms. The summed E-state index contributed by atoms with van der Waals surface area (Å²) in [6.45, 7) is 5.84. The number of methoxy groups -OCH3 is 1. The summed E-state index contributed by atoms with van der Waals surface area (Å²) in [5.41, 5.74) is 3.85. The number of nitrogens with one attached hydrogen (secondary N) is 1. The number of aryl methyl sites for hydroxylation is 1. The van der Waals surface area contributed by atoms with Gasteiger partial charge in [0.15, 0.2) is 5.11 Å². The normalized spacial score (nSPS) is 17.1. The number of carbonyl (C=O) groups excluding carboxylic acids is 1. The number of benzene rings is 1. The number of esters is 1. The summed E-state index contributed by atoms with van der Waals surface area (Å²) in [6, 6.07) is 11.4. The first-order valence-corrected chi connectivity index (χ1v) is 11.8. The number of non-ortho nitro benzene ring substituents is 1. The molecule has 10 nitrogen and oxygen atoms in total. The van der Waals surface area contributed by atoms with Gasteiger partial charge in [-0.2, -0.15) is 0 Å². The highest BCUT2D eigenvalue weighted by molar-refractivity contribution is 7.80. The Balaban J connectivity index is 1.86. The molecule has 2 aromatic heterocycles. The molecule has 2 atom stereocenters. The molecule has 0 radical (unpaired) electrons. The van der Waals surface area contributed by atoms with Crippen LogP contribution in [-0.2, 0) is 9.53 Å². The molecule has 188 valence electrons. The van der Waals surface area contributed by atoms with Crippen molar-refractivity contribution in [3.8, 4) is 11.4 Å². The van der Waals surface area contributed by atoms with E-state index in [9.17, 15) is 14.9 Å². The maximum Gasteiger partial charge on any atom is 0.325 e. The molecule has 0 bridgehead atoms. The fraction of sp³-hybridized carbons (Fsp3) is 0.320. The molecule has 4 rings (SSSR count). The van der Waals surface area contributed by atoms with Gasteiger partial charge < -0.3 is 24.3 Å². The molecular weight excluding hydrogens is 482 g/mol. The van der Waals surface area contributed by atoms with Gasteiger partial charge in [0.05, 0.1) is 42.1 Å². The summed E-state index contributed by atoms with van der Waals surface area (Å²) in [4.78, 5) is 29.9. The van der Waals surface area contributed by atoms with Gasteiger partial charge in [-0.15, -0.1) is 0 Å². The first kappa shape index (κ1) is 25.1. The van der Waals surface area contributed by atoms with Crippen molar-refractivity contribution in [3.05, 3.63) is 81.4 Å². The number of aromatic nitrogens is 2. The van der Waals surface area contributed by atoms with Crippen molar-refractivity contribution < 1.29 is 19.2 Å². The average Bonchev–Trinajstić information content (AvgIpc) is 3.33. The number of rotatable bonds is 8. The second kappa shape index (κ2) is 10.3. The van der Waals surface area contributed by atoms with Gasteiger partial charge in [-0.05, 0) is 62.8 Å². The highest BCUT2D eigenvalue weighted by atomic mass is 32.1. The van der Waals surface area contributed by atoms with E-state index in [1.165, 1.54) is 19.2 Å². The first-order valence-electron chi connectivity index (χ1n) is 11.4. The number of pyridine rings is 1. The number of thiocarbonyl (C=S) groups is 1. The maximum absolute atomic E-state index is 12.5. The summed E-state index contributed by atoms with van der Waals surface area (Å²) in [5.74, 6) is 0.112. The van der Waals surface area contributed by atoms with Crippen molar-refractivity contribution in [3.63, 3.8) is 0 Å². The van der Waals surface area contributed by atoms with E-state index in [0.717, 1.165) is 22.6 Å². The van der Waals surface area contributed by atoms with Crippen LogP contribution in [0.5, 0.6) is 5.75 Å². The summed E-state index contributed by atoms with van der Waals surface area (Å²) >= 11 is 5.64. The SMILES string of the molecule is CCOC(=O)CN1C(=S)NC(c2ccccn2)C1c1cc(C)n(-c2cc([N+](=O)[O-])ccc2OC)c1C. The largest absolute Gasteiger partial charge is 0.495 e. The van der Waals surface area contributed by atoms with Gasteiger partial charge in [0, 0.05) is 29.7 Å². The lowest BCUT2D eigenvalue weighted by Gasteiger charge is -2.27. The van der Waals surface area contributed by atoms with Gasteiger partial charge in [0.2, 0.25) is 0 Å². The molecule has 1 aliphatic rings. The van der Waals surface area contributed by atoms with E-state index in [1.54, 1.807) is 19.2 Å². The Hall–Kier alpha value is -3.99. The van der Waals surface area contributed by atoms with Crippen molar-refractivity contribution in [2.75, 3.05) is 20.3 Å². The Morgan fingerprint density at radius 2 is 2.03 bits per heavy atom. The van der Waals surface area contributed by atoms with Crippen LogP contribution in [-0.4, -0.2) is 50.7 Å². The van der Waals surface area contributed by atoms with E-state index in [-0.39, 0.29) is 36.9 Å². The van der Waals surface area contributed by atoms with Crippen LogP contribution in [0.3, 0.4) is 0 Å². The number of hydrogen-bond donors (Lipinski definition) is 1. The van der Waals surface area contributed by atoms with E-state index in [1.807, 2.05) is 47.6 Å². The van der Waals surface area contributed by atoms with Gasteiger partial charge in [-0.1, -0.05) is 6.07 Å². The van der Waals surface area contributed by atoms with Crippen molar-refractivity contribution in [2.24, 2.45) is 0 Å². The van der Waals surface area contributed by atoms with Crippen LogP contribution in [0, 0.1) is 24.0 Å². The predicted molar refractivity (Wildman–Crippen MR) is 137 cm³/mol. The van der Waals surface area contributed by atoms with Crippen LogP contribution in [0.25, 0.3) is 5.69 Å². The Morgan fingerprint density at radius 1 is 1.25 bits per heavy atom. The maximum atomic E-state index is 12.5. The monoisotopic (exact) mass is 509 g/mol. The summed E-state index contributed by atoms with van der Waals surface area (Å²) in [7, 11) is 1.53. The second-order valence-electron chi connectivity index (χ2n) is 8.33. The number of nitro groups is 1. The van der Waals surface area contributed by atoms with Crippen molar-refractivity contribution in [2.45, 2.75) is 32.9 Å². The predicted octanol–water partition coefficient (Wildman–Crippen LogP) is 3.94. The van der Waals surface area contributed by atoms with Crippen LogP contribution in [0.2, 0.25) is 0 Å². The fourth-order valence-corrected chi connectivity index (χ4v) is 4.99. The third kappa shape index (κ3) is 4.61. The zero-order chi connectivity index (χ0) is 26.0. The number of hydrogen-bond acceptors (Lipinski definition) is 7. The summed E-state index contributed by atoms with van der Waals surface area (Å²) < 4.78 is 12.6. The molecular formula is C25H27N5O5S. The molecule has 2 unspecified atom stereocenters. The quantitative estimate of drug-likeness (QED) is 0.209. The molecule has 0 aliphatic carbocycles. The zero-order valence-corrected chi connectivity index (χ0v) is 21.2. The lowest BCUT2D eigenvalue weighted by Crippen LogP contribution is -2.35. The lowest BCUT2D eigenvalue weighted by atomic mass is 9.97. The Bertz CT molecular complexity index is 1310. The average molecular weight is 510 g/mol. The van der Waals surface area contributed by atoms with Gasteiger partial charge in [-0.25, -0.2) is 0 Å². The molecule has 3 heterocycles. The molecule has 1 aromatic carbocycles. The fourth-order valence-electron chi connectivity index (χ4n) is 4.68.